The average molecular weight is 288 g/mol. The van der Waals surface area contributed by atoms with Gasteiger partial charge in [0.15, 0.2) is 0 Å². The van der Waals surface area contributed by atoms with Crippen molar-refractivity contribution in [1.82, 2.24) is 0 Å². The van der Waals surface area contributed by atoms with Crippen LogP contribution >= 0.6 is 0 Å². The Morgan fingerprint density at radius 1 is 1.00 bits per heavy atom. The molecular weight excluding hydrogens is 264 g/mol. The quantitative estimate of drug-likeness (QED) is 0.378. The van der Waals surface area contributed by atoms with Crippen LogP contribution in [0.4, 0.5) is 0 Å². The molecule has 6 heteroatoms. The van der Waals surface area contributed by atoms with E-state index in [0.29, 0.717) is 37.7 Å². The predicted octanol–water partition coefficient (Wildman–Crippen LogP) is 1.58. The highest BCUT2D eigenvalue weighted by Gasteiger charge is 2.01. The summed E-state index contributed by atoms with van der Waals surface area (Å²) in [5.41, 5.74) is 0.557. The number of hydrogen-bond acceptors (Lipinski definition) is 4. The summed E-state index contributed by atoms with van der Waals surface area (Å²) in [6.07, 6.45) is 4.68. The third-order valence-electron chi connectivity index (χ3n) is 2.34. The van der Waals surface area contributed by atoms with Crippen LogP contribution in [0.2, 0.25) is 0 Å². The summed E-state index contributed by atoms with van der Waals surface area (Å²) in [5.74, 6) is -1.84. The van der Waals surface area contributed by atoms with Crippen molar-refractivity contribution in [3.63, 3.8) is 0 Å². The lowest BCUT2D eigenvalue weighted by atomic mass is 10.1. The molecule has 20 heavy (non-hydrogen) atoms. The molecule has 0 atom stereocenters. The molecule has 0 amide bonds. The number of rotatable bonds is 9. The summed E-state index contributed by atoms with van der Waals surface area (Å²) in [6, 6.07) is 0. The zero-order valence-electron chi connectivity index (χ0n) is 11.8. The van der Waals surface area contributed by atoms with Gasteiger partial charge in [-0.05, 0) is 39.0 Å². The molecule has 0 aromatic rings. The molecule has 0 saturated carbocycles. The van der Waals surface area contributed by atoms with Crippen molar-refractivity contribution < 1.29 is 30.0 Å². The maximum atomic E-state index is 10.2. The molecule has 0 spiro atoms. The van der Waals surface area contributed by atoms with E-state index in [9.17, 15) is 9.59 Å². The van der Waals surface area contributed by atoms with E-state index in [1.807, 2.05) is 0 Å². The first-order valence-electron chi connectivity index (χ1n) is 6.39. The molecule has 0 heterocycles. The zero-order valence-corrected chi connectivity index (χ0v) is 11.8. The van der Waals surface area contributed by atoms with Crippen LogP contribution in [0.15, 0.2) is 23.8 Å². The lowest BCUT2D eigenvalue weighted by Crippen LogP contribution is -1.98. The maximum absolute atomic E-state index is 10.2. The second-order valence-electron chi connectivity index (χ2n) is 4.15. The van der Waals surface area contributed by atoms with E-state index >= 15 is 0 Å². The number of unbranched alkanes of at least 4 members (excludes halogenated alkanes) is 2. The van der Waals surface area contributed by atoms with Crippen molar-refractivity contribution >= 4 is 11.9 Å². The Hall–Kier alpha value is -1.66. The van der Waals surface area contributed by atoms with Crippen LogP contribution in [0.3, 0.4) is 0 Å². The summed E-state index contributed by atoms with van der Waals surface area (Å²) in [6.45, 7) is 5.12. The first kappa shape index (κ1) is 20.7. The van der Waals surface area contributed by atoms with Crippen molar-refractivity contribution in [2.45, 2.75) is 39.0 Å². The highest BCUT2D eigenvalue weighted by Crippen LogP contribution is 2.03. The van der Waals surface area contributed by atoms with Crippen LogP contribution in [0, 0.1) is 0 Å². The standard InChI is InChI=1S/2C7H12O3/c2*1-6(7(9)10)4-2-3-5-8/h4,8H,2-3,5H2,1H3,(H,9,10);8H,1-5H2,(H,9,10). The van der Waals surface area contributed by atoms with E-state index in [-0.39, 0.29) is 18.8 Å². The van der Waals surface area contributed by atoms with Crippen LogP contribution in [-0.2, 0) is 9.59 Å². The minimum absolute atomic E-state index is 0.114. The molecule has 0 saturated heterocycles. The van der Waals surface area contributed by atoms with Gasteiger partial charge in [-0.2, -0.15) is 0 Å². The number of hydrogen-bond donors (Lipinski definition) is 4. The van der Waals surface area contributed by atoms with Crippen molar-refractivity contribution in [1.29, 1.82) is 0 Å². The van der Waals surface area contributed by atoms with Gasteiger partial charge >= 0.3 is 11.9 Å². The van der Waals surface area contributed by atoms with Crippen molar-refractivity contribution in [2.24, 2.45) is 0 Å². The van der Waals surface area contributed by atoms with Crippen molar-refractivity contribution in [2.75, 3.05) is 13.2 Å². The monoisotopic (exact) mass is 288 g/mol. The van der Waals surface area contributed by atoms with E-state index in [0.717, 1.165) is 0 Å². The van der Waals surface area contributed by atoms with Gasteiger partial charge in [0.1, 0.15) is 0 Å². The molecule has 4 N–H and O–H groups in total. The molecule has 0 aliphatic heterocycles. The second kappa shape index (κ2) is 13.8. The van der Waals surface area contributed by atoms with Crippen LogP contribution in [-0.4, -0.2) is 45.6 Å². The van der Waals surface area contributed by atoms with Gasteiger partial charge in [-0.15, -0.1) is 0 Å². The van der Waals surface area contributed by atoms with Gasteiger partial charge in [-0.25, -0.2) is 9.59 Å². The fraction of sp³-hybridized carbons (Fsp3) is 0.571. The Balaban J connectivity index is 0. The molecule has 0 aromatic carbocycles. The maximum Gasteiger partial charge on any atom is 0.330 e. The van der Waals surface area contributed by atoms with Gasteiger partial charge < -0.3 is 20.4 Å². The number of carboxylic acids is 2. The Labute approximate surface area is 119 Å². The van der Waals surface area contributed by atoms with Gasteiger partial charge in [-0.3, -0.25) is 0 Å². The molecule has 116 valence electrons. The van der Waals surface area contributed by atoms with Gasteiger partial charge in [0.25, 0.3) is 0 Å². The Bertz CT molecular complexity index is 333. The molecular formula is C14H24O6. The smallest absolute Gasteiger partial charge is 0.330 e. The lowest BCUT2D eigenvalue weighted by Gasteiger charge is -1.96. The van der Waals surface area contributed by atoms with E-state index < -0.39 is 11.9 Å². The summed E-state index contributed by atoms with van der Waals surface area (Å²) in [7, 11) is 0. The third-order valence-corrected chi connectivity index (χ3v) is 2.34. The van der Waals surface area contributed by atoms with E-state index in [2.05, 4.69) is 6.58 Å². The molecule has 0 aliphatic carbocycles. The van der Waals surface area contributed by atoms with Crippen LogP contribution in [0.5, 0.6) is 0 Å². The topological polar surface area (TPSA) is 115 Å². The third kappa shape index (κ3) is 14.4. The molecule has 0 fully saturated rings. The number of aliphatic carboxylic acids is 2. The highest BCUT2D eigenvalue weighted by molar-refractivity contribution is 5.86. The summed E-state index contributed by atoms with van der Waals surface area (Å²) in [4.78, 5) is 20.3. The average Bonchev–Trinajstić information content (AvgIpc) is 2.39. The largest absolute Gasteiger partial charge is 0.478 e. The molecule has 0 rings (SSSR count). The first-order valence-corrected chi connectivity index (χ1v) is 6.39. The van der Waals surface area contributed by atoms with Gasteiger partial charge in [0.05, 0.1) is 0 Å². The predicted molar refractivity (Wildman–Crippen MR) is 75.4 cm³/mol. The van der Waals surface area contributed by atoms with Crippen molar-refractivity contribution in [3.05, 3.63) is 23.8 Å². The zero-order chi connectivity index (χ0) is 16.0. The Morgan fingerprint density at radius 3 is 1.95 bits per heavy atom. The van der Waals surface area contributed by atoms with E-state index in [4.69, 9.17) is 20.4 Å². The number of aliphatic hydroxyl groups excluding tert-OH is 2. The van der Waals surface area contributed by atoms with Gasteiger partial charge in [0, 0.05) is 24.4 Å². The minimum atomic E-state index is -0.946. The number of allylic oxidation sites excluding steroid dienone is 1. The fourth-order valence-electron chi connectivity index (χ4n) is 1.05. The number of carboxylic acid groups (broad SMARTS) is 2. The van der Waals surface area contributed by atoms with E-state index in [1.54, 1.807) is 13.0 Å². The second-order valence-corrected chi connectivity index (χ2v) is 4.15. The number of aliphatic hydroxyl groups is 2. The summed E-state index contributed by atoms with van der Waals surface area (Å²) in [5, 5.41) is 33.4. The summed E-state index contributed by atoms with van der Waals surface area (Å²) < 4.78 is 0. The molecule has 0 unspecified atom stereocenters. The molecule has 0 aromatic heterocycles. The fourth-order valence-corrected chi connectivity index (χ4v) is 1.05. The SMILES string of the molecule is C=C(CCCCO)C(=O)O.CC(=CCCCO)C(=O)O. The van der Waals surface area contributed by atoms with E-state index in [1.165, 1.54) is 0 Å². The minimum Gasteiger partial charge on any atom is -0.478 e. The van der Waals surface area contributed by atoms with Gasteiger partial charge in [-0.1, -0.05) is 12.7 Å². The molecule has 0 radical (unpaired) electrons. The van der Waals surface area contributed by atoms with Gasteiger partial charge in [0.2, 0.25) is 0 Å². The lowest BCUT2D eigenvalue weighted by molar-refractivity contribution is -0.133. The van der Waals surface area contributed by atoms with Crippen molar-refractivity contribution in [3.8, 4) is 0 Å². The van der Waals surface area contributed by atoms with Crippen LogP contribution < -0.4 is 0 Å². The Morgan fingerprint density at radius 2 is 1.55 bits per heavy atom. The molecule has 6 nitrogen and oxygen atoms in total. The van der Waals surface area contributed by atoms with Crippen LogP contribution in [0.25, 0.3) is 0 Å². The molecule has 0 bridgehead atoms. The van der Waals surface area contributed by atoms with Crippen LogP contribution in [0.1, 0.15) is 39.0 Å². The normalized spacial score (nSPS) is 10.4. The highest BCUT2D eigenvalue weighted by atomic mass is 16.4. The number of carbonyl (C=O) groups is 2. The Kier molecular flexibility index (Phi) is 14.2. The first-order chi connectivity index (χ1) is 9.36. The molecule has 0 aliphatic rings. The summed E-state index contributed by atoms with van der Waals surface area (Å²) >= 11 is 0.